The standard InChI is InChI=1S/C16H18N2O/c1-12-4-2-3-5-16(12)19-15-8-13(9-17-11-15)10-18-14-6-7-14/h2-5,8-9,11,14,18H,6-7,10H2,1H3. The third-order valence-corrected chi connectivity index (χ3v) is 3.26. The molecule has 1 aromatic heterocycles. The van der Waals surface area contributed by atoms with Crippen LogP contribution in [0.3, 0.4) is 0 Å². The Morgan fingerprint density at radius 2 is 2.11 bits per heavy atom. The summed E-state index contributed by atoms with van der Waals surface area (Å²) < 4.78 is 5.88. The van der Waals surface area contributed by atoms with Crippen LogP contribution in [-0.4, -0.2) is 11.0 Å². The quantitative estimate of drug-likeness (QED) is 0.887. The minimum absolute atomic E-state index is 0.709. The van der Waals surface area contributed by atoms with E-state index in [1.54, 1.807) is 6.20 Å². The smallest absolute Gasteiger partial charge is 0.146 e. The molecule has 0 atom stereocenters. The number of nitrogens with one attached hydrogen (secondary N) is 1. The summed E-state index contributed by atoms with van der Waals surface area (Å²) in [5, 5.41) is 3.48. The Bertz CT molecular complexity index is 564. The highest BCUT2D eigenvalue weighted by atomic mass is 16.5. The highest BCUT2D eigenvalue weighted by molar-refractivity contribution is 5.36. The van der Waals surface area contributed by atoms with Gasteiger partial charge in [-0.15, -0.1) is 0 Å². The zero-order valence-corrected chi connectivity index (χ0v) is 11.1. The lowest BCUT2D eigenvalue weighted by atomic mass is 10.2. The molecular weight excluding hydrogens is 236 g/mol. The van der Waals surface area contributed by atoms with Gasteiger partial charge in [-0.2, -0.15) is 0 Å². The highest BCUT2D eigenvalue weighted by Gasteiger charge is 2.19. The third kappa shape index (κ3) is 3.32. The number of benzene rings is 1. The molecule has 1 aliphatic rings. The summed E-state index contributed by atoms with van der Waals surface area (Å²) in [4.78, 5) is 4.24. The van der Waals surface area contributed by atoms with Gasteiger partial charge in [0.2, 0.25) is 0 Å². The van der Waals surface area contributed by atoms with Crippen molar-refractivity contribution in [2.45, 2.75) is 32.4 Å². The van der Waals surface area contributed by atoms with Crippen LogP contribution in [0.1, 0.15) is 24.0 Å². The highest BCUT2D eigenvalue weighted by Crippen LogP contribution is 2.25. The summed E-state index contributed by atoms with van der Waals surface area (Å²) in [6, 6.07) is 10.8. The fourth-order valence-electron chi connectivity index (χ4n) is 1.96. The van der Waals surface area contributed by atoms with Crippen molar-refractivity contribution in [3.63, 3.8) is 0 Å². The number of hydrogen-bond donors (Lipinski definition) is 1. The molecule has 19 heavy (non-hydrogen) atoms. The lowest BCUT2D eigenvalue weighted by Gasteiger charge is -2.09. The Morgan fingerprint density at radius 3 is 2.89 bits per heavy atom. The van der Waals surface area contributed by atoms with E-state index < -0.39 is 0 Å². The number of hydrogen-bond acceptors (Lipinski definition) is 3. The molecule has 2 aromatic rings. The van der Waals surface area contributed by atoms with Crippen LogP contribution in [-0.2, 0) is 6.54 Å². The molecule has 1 N–H and O–H groups in total. The van der Waals surface area contributed by atoms with Gasteiger partial charge in [0, 0.05) is 18.8 Å². The SMILES string of the molecule is Cc1ccccc1Oc1cncc(CNC2CC2)c1. The van der Waals surface area contributed by atoms with Crippen LogP contribution in [0.5, 0.6) is 11.5 Å². The van der Waals surface area contributed by atoms with Gasteiger partial charge in [-0.1, -0.05) is 18.2 Å². The Balaban J connectivity index is 1.70. The summed E-state index contributed by atoms with van der Waals surface area (Å²) in [5.41, 5.74) is 2.29. The predicted octanol–water partition coefficient (Wildman–Crippen LogP) is 3.43. The summed E-state index contributed by atoms with van der Waals surface area (Å²) in [6.07, 6.45) is 6.24. The molecule has 1 heterocycles. The van der Waals surface area contributed by atoms with Gasteiger partial charge in [-0.3, -0.25) is 4.98 Å². The van der Waals surface area contributed by atoms with Crippen LogP contribution in [0.2, 0.25) is 0 Å². The molecule has 3 nitrogen and oxygen atoms in total. The molecule has 1 aliphatic carbocycles. The second-order valence-electron chi connectivity index (χ2n) is 5.05. The zero-order valence-electron chi connectivity index (χ0n) is 11.1. The van der Waals surface area contributed by atoms with Crippen molar-refractivity contribution in [1.82, 2.24) is 10.3 Å². The third-order valence-electron chi connectivity index (χ3n) is 3.26. The normalized spacial score (nSPS) is 14.4. The maximum Gasteiger partial charge on any atom is 0.146 e. The zero-order chi connectivity index (χ0) is 13.1. The van der Waals surface area contributed by atoms with Gasteiger partial charge in [-0.25, -0.2) is 0 Å². The minimum atomic E-state index is 0.709. The molecule has 3 heteroatoms. The van der Waals surface area contributed by atoms with Crippen LogP contribution in [0.4, 0.5) is 0 Å². The largest absolute Gasteiger partial charge is 0.455 e. The van der Waals surface area contributed by atoms with E-state index in [0.717, 1.165) is 29.2 Å². The molecule has 1 aromatic carbocycles. The fraction of sp³-hybridized carbons (Fsp3) is 0.312. The lowest BCUT2D eigenvalue weighted by molar-refractivity contribution is 0.475. The molecule has 0 saturated heterocycles. The van der Waals surface area contributed by atoms with Crippen LogP contribution in [0, 0.1) is 6.92 Å². The molecule has 0 amide bonds. The van der Waals surface area contributed by atoms with Gasteiger partial charge in [0.25, 0.3) is 0 Å². The molecule has 0 unspecified atom stereocenters. The van der Waals surface area contributed by atoms with E-state index in [-0.39, 0.29) is 0 Å². The average Bonchev–Trinajstić information content (AvgIpc) is 3.24. The lowest BCUT2D eigenvalue weighted by Crippen LogP contribution is -2.15. The van der Waals surface area contributed by atoms with E-state index in [1.165, 1.54) is 12.8 Å². The topological polar surface area (TPSA) is 34.1 Å². The Kier molecular flexibility index (Phi) is 3.47. The van der Waals surface area contributed by atoms with Crippen LogP contribution < -0.4 is 10.1 Å². The molecule has 0 bridgehead atoms. The van der Waals surface area contributed by atoms with Gasteiger partial charge in [0.05, 0.1) is 6.20 Å². The first kappa shape index (κ1) is 12.2. The van der Waals surface area contributed by atoms with E-state index in [9.17, 15) is 0 Å². The maximum absolute atomic E-state index is 5.88. The first-order valence-electron chi connectivity index (χ1n) is 6.72. The molecule has 3 rings (SSSR count). The average molecular weight is 254 g/mol. The molecule has 1 fully saturated rings. The van der Waals surface area contributed by atoms with E-state index >= 15 is 0 Å². The van der Waals surface area contributed by atoms with Gasteiger partial charge < -0.3 is 10.1 Å². The van der Waals surface area contributed by atoms with Gasteiger partial charge in [-0.05, 0) is 43.0 Å². The van der Waals surface area contributed by atoms with Gasteiger partial charge in [0.1, 0.15) is 11.5 Å². The molecule has 0 radical (unpaired) electrons. The first-order valence-corrected chi connectivity index (χ1v) is 6.72. The van der Waals surface area contributed by atoms with Crippen LogP contribution in [0.15, 0.2) is 42.7 Å². The fourth-order valence-corrected chi connectivity index (χ4v) is 1.96. The number of pyridine rings is 1. The van der Waals surface area contributed by atoms with E-state index in [4.69, 9.17) is 4.74 Å². The van der Waals surface area contributed by atoms with E-state index in [0.29, 0.717) is 6.04 Å². The van der Waals surface area contributed by atoms with Crippen molar-refractivity contribution in [2.75, 3.05) is 0 Å². The number of aryl methyl sites for hydroxylation is 1. The Labute approximate surface area is 113 Å². The summed E-state index contributed by atoms with van der Waals surface area (Å²) >= 11 is 0. The van der Waals surface area contributed by atoms with Crippen molar-refractivity contribution in [3.8, 4) is 11.5 Å². The number of rotatable bonds is 5. The van der Waals surface area contributed by atoms with Crippen molar-refractivity contribution in [2.24, 2.45) is 0 Å². The molecule has 0 aliphatic heterocycles. The molecular formula is C16H18N2O. The van der Waals surface area contributed by atoms with Gasteiger partial charge >= 0.3 is 0 Å². The Morgan fingerprint density at radius 1 is 1.26 bits per heavy atom. The van der Waals surface area contributed by atoms with E-state index in [1.807, 2.05) is 37.4 Å². The number of aromatic nitrogens is 1. The monoisotopic (exact) mass is 254 g/mol. The van der Waals surface area contributed by atoms with Crippen LogP contribution >= 0.6 is 0 Å². The Hall–Kier alpha value is -1.87. The first-order chi connectivity index (χ1) is 9.31. The van der Waals surface area contributed by atoms with Crippen molar-refractivity contribution in [3.05, 3.63) is 53.9 Å². The summed E-state index contributed by atoms with van der Waals surface area (Å²) in [6.45, 7) is 2.91. The predicted molar refractivity (Wildman–Crippen MR) is 75.4 cm³/mol. The number of ether oxygens (including phenoxy) is 1. The van der Waals surface area contributed by atoms with E-state index in [2.05, 4.69) is 16.4 Å². The number of para-hydroxylation sites is 1. The van der Waals surface area contributed by atoms with Gasteiger partial charge in [0.15, 0.2) is 0 Å². The molecule has 0 spiro atoms. The minimum Gasteiger partial charge on any atom is -0.455 e. The van der Waals surface area contributed by atoms with Crippen LogP contribution in [0.25, 0.3) is 0 Å². The van der Waals surface area contributed by atoms with Crippen molar-refractivity contribution in [1.29, 1.82) is 0 Å². The summed E-state index contributed by atoms with van der Waals surface area (Å²) in [7, 11) is 0. The molecule has 1 saturated carbocycles. The number of nitrogens with zero attached hydrogens (tertiary/aromatic N) is 1. The maximum atomic E-state index is 5.88. The van der Waals surface area contributed by atoms with Crippen molar-refractivity contribution >= 4 is 0 Å². The molecule has 98 valence electrons. The summed E-state index contributed by atoms with van der Waals surface area (Å²) in [5.74, 6) is 1.68. The second kappa shape index (κ2) is 5.41. The van der Waals surface area contributed by atoms with Crippen molar-refractivity contribution < 1.29 is 4.74 Å². The second-order valence-corrected chi connectivity index (χ2v) is 5.05.